The fourth-order valence-electron chi connectivity index (χ4n) is 1.94. The van der Waals surface area contributed by atoms with Gasteiger partial charge in [-0.25, -0.2) is 4.39 Å². The van der Waals surface area contributed by atoms with Crippen LogP contribution in [0.3, 0.4) is 0 Å². The van der Waals surface area contributed by atoms with Crippen molar-refractivity contribution >= 4 is 35.8 Å². The molecule has 0 spiro atoms. The number of anilines is 1. The van der Waals surface area contributed by atoms with Crippen LogP contribution in [0.5, 0.6) is 5.75 Å². The number of hydrogen-bond acceptors (Lipinski definition) is 2. The molecule has 6 heteroatoms. The number of benzene rings is 2. The molecular weight excluding hydrogens is 415 g/mol. The smallest absolute Gasteiger partial charge is 0.338 e. The Hall–Kier alpha value is -1.07. The maximum absolute atomic E-state index is 13.8. The van der Waals surface area contributed by atoms with Crippen LogP contribution >= 0.6 is 30.1 Å². The summed E-state index contributed by atoms with van der Waals surface area (Å²) in [5.74, 6) is 0.461. The summed E-state index contributed by atoms with van der Waals surface area (Å²) >= 11 is 2.02. The molecule has 0 aliphatic carbocycles. The van der Waals surface area contributed by atoms with Gasteiger partial charge in [0, 0.05) is 10.2 Å². The summed E-state index contributed by atoms with van der Waals surface area (Å²) in [6, 6.07) is 12.1. The molecule has 0 amide bonds. The van der Waals surface area contributed by atoms with E-state index < -0.39 is 13.3 Å². The number of rotatable bonds is 5. The van der Waals surface area contributed by atoms with E-state index in [1.807, 2.05) is 34.7 Å². The van der Waals surface area contributed by atoms with Gasteiger partial charge in [-0.05, 0) is 64.4 Å². The molecule has 0 aliphatic heterocycles. The Morgan fingerprint density at radius 3 is 2.36 bits per heavy atom. The minimum atomic E-state index is -3.21. The van der Waals surface area contributed by atoms with Crippen LogP contribution in [0.1, 0.15) is 25.3 Å². The summed E-state index contributed by atoms with van der Waals surface area (Å²) in [6.45, 7) is 5.63. The Kier molecular flexibility index (Phi) is 5.50. The van der Waals surface area contributed by atoms with E-state index in [1.54, 1.807) is 24.3 Å². The first-order valence-corrected chi connectivity index (χ1v) is 10.0. The predicted molar refractivity (Wildman–Crippen MR) is 97.4 cm³/mol. The van der Waals surface area contributed by atoms with Crippen molar-refractivity contribution in [1.29, 1.82) is 0 Å². The van der Waals surface area contributed by atoms with E-state index in [-0.39, 0.29) is 5.69 Å². The van der Waals surface area contributed by atoms with Crippen LogP contribution in [0.25, 0.3) is 0 Å². The Balaban J connectivity index is 2.11. The molecule has 0 saturated carbocycles. The lowest BCUT2D eigenvalue weighted by Crippen LogP contribution is -2.04. The predicted octanol–water partition coefficient (Wildman–Crippen LogP) is 5.87. The van der Waals surface area contributed by atoms with Crippen molar-refractivity contribution in [1.82, 2.24) is 0 Å². The first-order chi connectivity index (χ1) is 10.3. The molecule has 1 unspecified atom stereocenters. The lowest BCUT2D eigenvalue weighted by Gasteiger charge is -2.18. The van der Waals surface area contributed by atoms with Gasteiger partial charge in [0.15, 0.2) is 0 Å². The monoisotopic (exact) mass is 433 g/mol. The van der Waals surface area contributed by atoms with E-state index in [9.17, 15) is 8.96 Å². The van der Waals surface area contributed by atoms with Crippen LogP contribution in [-0.2, 0) is 4.57 Å². The minimum Gasteiger partial charge on any atom is -0.429 e. The lowest BCUT2D eigenvalue weighted by molar-refractivity contribution is 0.493. The van der Waals surface area contributed by atoms with E-state index in [0.29, 0.717) is 11.7 Å². The molecule has 0 aliphatic rings. The number of nitrogens with one attached hydrogen (secondary N) is 1. The van der Waals surface area contributed by atoms with Crippen molar-refractivity contribution in [2.75, 3.05) is 11.8 Å². The Morgan fingerprint density at radius 1 is 1.18 bits per heavy atom. The lowest BCUT2D eigenvalue weighted by atomic mass is 10.0. The molecule has 2 rings (SSSR count). The van der Waals surface area contributed by atoms with E-state index in [1.165, 1.54) is 18.3 Å². The van der Waals surface area contributed by atoms with E-state index >= 15 is 0 Å². The van der Waals surface area contributed by atoms with Crippen LogP contribution in [0, 0.1) is 9.39 Å². The third-order valence-electron chi connectivity index (χ3n) is 3.08. The average molecular weight is 433 g/mol. The van der Waals surface area contributed by atoms with Crippen LogP contribution < -0.4 is 9.61 Å². The highest BCUT2D eigenvalue weighted by Crippen LogP contribution is 2.44. The molecule has 1 N–H and O–H groups in total. The quantitative estimate of drug-likeness (QED) is 0.474. The second kappa shape index (κ2) is 7.01. The molecule has 0 saturated heterocycles. The SMILES string of the molecule is CC(C)c1ccc(OP(C)(=O)Nc2ccc(I)cc2F)cc1. The largest absolute Gasteiger partial charge is 0.429 e. The first kappa shape index (κ1) is 17.3. The maximum atomic E-state index is 13.8. The molecule has 0 radical (unpaired) electrons. The zero-order chi connectivity index (χ0) is 16.3. The van der Waals surface area contributed by atoms with Crippen molar-refractivity contribution in [3.8, 4) is 5.75 Å². The average Bonchev–Trinajstić information content (AvgIpc) is 2.42. The van der Waals surface area contributed by atoms with Gasteiger partial charge in [0.2, 0.25) is 0 Å². The summed E-state index contributed by atoms with van der Waals surface area (Å²) in [5.41, 5.74) is 1.35. The summed E-state index contributed by atoms with van der Waals surface area (Å²) < 4.78 is 32.6. The number of hydrogen-bond donors (Lipinski definition) is 1. The second-order valence-corrected chi connectivity index (χ2v) is 8.74. The van der Waals surface area contributed by atoms with E-state index in [0.717, 1.165) is 3.57 Å². The third kappa shape index (κ3) is 4.71. The molecule has 3 nitrogen and oxygen atoms in total. The van der Waals surface area contributed by atoms with Crippen LogP contribution in [-0.4, -0.2) is 6.66 Å². The normalized spacial score (nSPS) is 13.7. The van der Waals surface area contributed by atoms with Gasteiger partial charge in [0.25, 0.3) is 0 Å². The van der Waals surface area contributed by atoms with Crippen molar-refractivity contribution in [2.24, 2.45) is 0 Å². The zero-order valence-electron chi connectivity index (χ0n) is 12.6. The fraction of sp³-hybridized carbons (Fsp3) is 0.250. The molecule has 0 heterocycles. The summed E-state index contributed by atoms with van der Waals surface area (Å²) in [5, 5.41) is 2.65. The summed E-state index contributed by atoms with van der Waals surface area (Å²) in [7, 11) is -3.21. The summed E-state index contributed by atoms with van der Waals surface area (Å²) in [6.07, 6.45) is 0. The van der Waals surface area contributed by atoms with Gasteiger partial charge in [-0.2, -0.15) is 0 Å². The first-order valence-electron chi connectivity index (χ1n) is 6.87. The maximum Gasteiger partial charge on any atom is 0.338 e. The van der Waals surface area contributed by atoms with Crippen LogP contribution in [0.4, 0.5) is 10.1 Å². The summed E-state index contributed by atoms with van der Waals surface area (Å²) in [4.78, 5) is 0. The highest BCUT2D eigenvalue weighted by atomic mass is 127. The van der Waals surface area contributed by atoms with Gasteiger partial charge >= 0.3 is 7.52 Å². The number of halogens is 2. The van der Waals surface area contributed by atoms with Crippen molar-refractivity contribution in [3.05, 3.63) is 57.4 Å². The van der Waals surface area contributed by atoms with Gasteiger partial charge < -0.3 is 9.61 Å². The second-order valence-electron chi connectivity index (χ2n) is 5.40. The topological polar surface area (TPSA) is 38.3 Å². The molecule has 22 heavy (non-hydrogen) atoms. The molecule has 0 bridgehead atoms. The Bertz CT molecular complexity index is 704. The van der Waals surface area contributed by atoms with Crippen molar-refractivity contribution in [2.45, 2.75) is 19.8 Å². The Labute approximate surface area is 143 Å². The van der Waals surface area contributed by atoms with Crippen molar-refractivity contribution < 1.29 is 13.5 Å². The van der Waals surface area contributed by atoms with Gasteiger partial charge in [0.05, 0.1) is 5.69 Å². The van der Waals surface area contributed by atoms with Crippen molar-refractivity contribution in [3.63, 3.8) is 0 Å². The molecule has 118 valence electrons. The van der Waals surface area contributed by atoms with Gasteiger partial charge in [-0.15, -0.1) is 0 Å². The van der Waals surface area contributed by atoms with Gasteiger partial charge in [0.1, 0.15) is 11.6 Å². The van der Waals surface area contributed by atoms with Crippen LogP contribution in [0.2, 0.25) is 0 Å². The molecular formula is C16H18FINO2P. The third-order valence-corrected chi connectivity index (χ3v) is 4.96. The molecule has 0 fully saturated rings. The van der Waals surface area contributed by atoms with Gasteiger partial charge in [-0.1, -0.05) is 26.0 Å². The van der Waals surface area contributed by atoms with Crippen LogP contribution in [0.15, 0.2) is 42.5 Å². The standard InChI is InChI=1S/C16H18FINO2P/c1-11(2)12-4-7-14(8-5-12)21-22(3,20)19-16-9-6-13(18)10-15(16)17/h4-11H,1-3H3,(H,19,20). The molecule has 2 aromatic rings. The fourth-order valence-corrected chi connectivity index (χ4v) is 3.58. The van der Waals surface area contributed by atoms with E-state index in [2.05, 4.69) is 18.9 Å². The molecule has 0 aromatic heterocycles. The highest BCUT2D eigenvalue weighted by molar-refractivity contribution is 14.1. The minimum absolute atomic E-state index is 0.171. The Morgan fingerprint density at radius 2 is 1.82 bits per heavy atom. The highest BCUT2D eigenvalue weighted by Gasteiger charge is 2.19. The van der Waals surface area contributed by atoms with Gasteiger partial charge in [-0.3, -0.25) is 4.57 Å². The molecule has 2 aromatic carbocycles. The molecule has 1 atom stereocenters. The van der Waals surface area contributed by atoms with E-state index in [4.69, 9.17) is 4.52 Å². The zero-order valence-corrected chi connectivity index (χ0v) is 15.7.